The lowest BCUT2D eigenvalue weighted by Crippen LogP contribution is -2.03. The number of anilines is 1. The van der Waals surface area contributed by atoms with Crippen LogP contribution in [-0.2, 0) is 6.54 Å². The number of methoxy groups -OCH3 is 1. The summed E-state index contributed by atoms with van der Waals surface area (Å²) in [5.74, 6) is 1.75. The van der Waals surface area contributed by atoms with Gasteiger partial charge in [-0.05, 0) is 41.1 Å². The zero-order chi connectivity index (χ0) is 14.4. The van der Waals surface area contributed by atoms with Crippen molar-refractivity contribution < 1.29 is 9.47 Å². The molecule has 0 aliphatic heterocycles. The maximum Gasteiger partial charge on any atom is 0.124 e. The van der Waals surface area contributed by atoms with Crippen molar-refractivity contribution in [3.05, 3.63) is 52.5 Å². The third kappa shape index (κ3) is 3.67. The molecule has 0 saturated carbocycles. The fourth-order valence-corrected chi connectivity index (χ4v) is 2.29. The molecular formula is C16H18BrNO2. The summed E-state index contributed by atoms with van der Waals surface area (Å²) in [6, 6.07) is 13.9. The Hall–Kier alpha value is -1.68. The van der Waals surface area contributed by atoms with E-state index in [0.29, 0.717) is 13.2 Å². The van der Waals surface area contributed by atoms with Crippen LogP contribution in [0.5, 0.6) is 11.5 Å². The van der Waals surface area contributed by atoms with Gasteiger partial charge in [-0.2, -0.15) is 0 Å². The highest BCUT2D eigenvalue weighted by atomic mass is 79.9. The lowest BCUT2D eigenvalue weighted by Gasteiger charge is -2.13. The van der Waals surface area contributed by atoms with Gasteiger partial charge in [0, 0.05) is 22.6 Å². The molecule has 0 aliphatic rings. The van der Waals surface area contributed by atoms with Crippen LogP contribution >= 0.6 is 15.9 Å². The van der Waals surface area contributed by atoms with E-state index in [1.54, 1.807) is 7.11 Å². The van der Waals surface area contributed by atoms with Crippen molar-refractivity contribution >= 4 is 21.6 Å². The predicted octanol–water partition coefficient (Wildman–Crippen LogP) is 4.47. The van der Waals surface area contributed by atoms with Crippen molar-refractivity contribution in [3.8, 4) is 11.5 Å². The molecule has 1 N–H and O–H groups in total. The van der Waals surface area contributed by atoms with Crippen LogP contribution in [0, 0.1) is 0 Å². The fourth-order valence-electron chi connectivity index (χ4n) is 1.90. The molecule has 2 rings (SSSR count). The van der Waals surface area contributed by atoms with Crippen molar-refractivity contribution in [2.24, 2.45) is 0 Å². The van der Waals surface area contributed by atoms with Crippen LogP contribution in [0.3, 0.4) is 0 Å². The molecule has 2 aromatic carbocycles. The van der Waals surface area contributed by atoms with Crippen molar-refractivity contribution in [1.29, 1.82) is 0 Å². The number of halogens is 1. The highest BCUT2D eigenvalue weighted by molar-refractivity contribution is 9.10. The second-order valence-corrected chi connectivity index (χ2v) is 5.09. The van der Waals surface area contributed by atoms with Crippen molar-refractivity contribution in [3.63, 3.8) is 0 Å². The van der Waals surface area contributed by atoms with E-state index in [1.165, 1.54) is 0 Å². The van der Waals surface area contributed by atoms with Gasteiger partial charge in [0.15, 0.2) is 0 Å². The number of hydrogen-bond donors (Lipinski definition) is 1. The first kappa shape index (κ1) is 14.7. The Morgan fingerprint density at radius 1 is 1.15 bits per heavy atom. The fraction of sp³-hybridized carbons (Fsp3) is 0.250. The summed E-state index contributed by atoms with van der Waals surface area (Å²) in [5.41, 5.74) is 2.12. The van der Waals surface area contributed by atoms with Gasteiger partial charge in [-0.1, -0.05) is 18.2 Å². The van der Waals surface area contributed by atoms with Crippen LogP contribution in [0.1, 0.15) is 12.5 Å². The van der Waals surface area contributed by atoms with Gasteiger partial charge in [0.05, 0.1) is 19.4 Å². The third-order valence-electron chi connectivity index (χ3n) is 2.92. The Morgan fingerprint density at radius 2 is 1.95 bits per heavy atom. The Morgan fingerprint density at radius 3 is 2.70 bits per heavy atom. The van der Waals surface area contributed by atoms with E-state index in [2.05, 4.69) is 27.3 Å². The lowest BCUT2D eigenvalue weighted by molar-refractivity contribution is 0.337. The van der Waals surface area contributed by atoms with Crippen LogP contribution in [-0.4, -0.2) is 13.7 Å². The molecule has 0 amide bonds. The molecule has 0 bridgehead atoms. The molecule has 20 heavy (non-hydrogen) atoms. The SMILES string of the molecule is CCOc1ccccc1CNc1cc(OC)ccc1Br. The van der Waals surface area contributed by atoms with Crippen LogP contribution in [0.15, 0.2) is 46.9 Å². The molecular weight excluding hydrogens is 318 g/mol. The smallest absolute Gasteiger partial charge is 0.124 e. The standard InChI is InChI=1S/C16H18BrNO2/c1-3-20-16-7-5-4-6-12(16)11-18-15-10-13(19-2)8-9-14(15)17/h4-10,18H,3,11H2,1-2H3. The highest BCUT2D eigenvalue weighted by Gasteiger charge is 2.05. The van der Waals surface area contributed by atoms with Crippen LogP contribution in [0.4, 0.5) is 5.69 Å². The molecule has 0 radical (unpaired) electrons. The topological polar surface area (TPSA) is 30.5 Å². The van der Waals surface area contributed by atoms with Gasteiger partial charge in [0.1, 0.15) is 11.5 Å². The predicted molar refractivity (Wildman–Crippen MR) is 85.6 cm³/mol. The van der Waals surface area contributed by atoms with E-state index in [1.807, 2.05) is 43.3 Å². The van der Waals surface area contributed by atoms with Crippen LogP contribution in [0.25, 0.3) is 0 Å². The Kier molecular flexibility index (Phi) is 5.30. The van der Waals surface area contributed by atoms with Gasteiger partial charge in [-0.25, -0.2) is 0 Å². The zero-order valence-electron chi connectivity index (χ0n) is 11.7. The van der Waals surface area contributed by atoms with Crippen molar-refractivity contribution in [1.82, 2.24) is 0 Å². The van der Waals surface area contributed by atoms with Gasteiger partial charge >= 0.3 is 0 Å². The molecule has 0 aliphatic carbocycles. The molecule has 0 unspecified atom stereocenters. The molecule has 3 nitrogen and oxygen atoms in total. The first-order valence-electron chi connectivity index (χ1n) is 6.52. The van der Waals surface area contributed by atoms with E-state index >= 15 is 0 Å². The Labute approximate surface area is 128 Å². The van der Waals surface area contributed by atoms with Gasteiger partial charge in [0.2, 0.25) is 0 Å². The van der Waals surface area contributed by atoms with E-state index in [4.69, 9.17) is 9.47 Å². The maximum absolute atomic E-state index is 5.62. The number of para-hydroxylation sites is 1. The number of hydrogen-bond acceptors (Lipinski definition) is 3. The minimum Gasteiger partial charge on any atom is -0.497 e. The second-order valence-electron chi connectivity index (χ2n) is 4.24. The summed E-state index contributed by atoms with van der Waals surface area (Å²) in [5, 5.41) is 3.40. The largest absolute Gasteiger partial charge is 0.497 e. The summed E-state index contributed by atoms with van der Waals surface area (Å²) < 4.78 is 11.9. The van der Waals surface area contributed by atoms with E-state index in [9.17, 15) is 0 Å². The minimum atomic E-state index is 0.667. The Balaban J connectivity index is 2.12. The first-order valence-corrected chi connectivity index (χ1v) is 7.32. The monoisotopic (exact) mass is 335 g/mol. The summed E-state index contributed by atoms with van der Waals surface area (Å²) in [7, 11) is 1.66. The summed E-state index contributed by atoms with van der Waals surface area (Å²) in [6.45, 7) is 3.35. The van der Waals surface area contributed by atoms with Gasteiger partial charge < -0.3 is 14.8 Å². The highest BCUT2D eigenvalue weighted by Crippen LogP contribution is 2.28. The quantitative estimate of drug-likeness (QED) is 0.844. The first-order chi connectivity index (χ1) is 9.74. The minimum absolute atomic E-state index is 0.667. The molecule has 4 heteroatoms. The molecule has 0 saturated heterocycles. The molecule has 106 valence electrons. The number of benzene rings is 2. The number of ether oxygens (including phenoxy) is 2. The van der Waals surface area contributed by atoms with E-state index in [-0.39, 0.29) is 0 Å². The zero-order valence-corrected chi connectivity index (χ0v) is 13.2. The van der Waals surface area contributed by atoms with Crippen LogP contribution < -0.4 is 14.8 Å². The average molecular weight is 336 g/mol. The molecule has 0 spiro atoms. The average Bonchev–Trinajstić information content (AvgIpc) is 2.48. The second kappa shape index (κ2) is 7.20. The molecule has 0 aromatic heterocycles. The number of rotatable bonds is 6. The number of nitrogens with one attached hydrogen (secondary N) is 1. The lowest BCUT2D eigenvalue weighted by atomic mass is 10.2. The molecule has 0 atom stereocenters. The summed E-state index contributed by atoms with van der Waals surface area (Å²) >= 11 is 3.53. The van der Waals surface area contributed by atoms with Crippen LogP contribution in [0.2, 0.25) is 0 Å². The summed E-state index contributed by atoms with van der Waals surface area (Å²) in [6.07, 6.45) is 0. The van der Waals surface area contributed by atoms with Crippen molar-refractivity contribution in [2.45, 2.75) is 13.5 Å². The third-order valence-corrected chi connectivity index (χ3v) is 3.61. The van der Waals surface area contributed by atoms with Crippen molar-refractivity contribution in [2.75, 3.05) is 19.0 Å². The summed E-state index contributed by atoms with van der Waals surface area (Å²) in [4.78, 5) is 0. The Bertz CT molecular complexity index is 572. The molecule has 0 heterocycles. The normalized spacial score (nSPS) is 10.2. The maximum atomic E-state index is 5.62. The molecule has 0 fully saturated rings. The molecule has 2 aromatic rings. The van der Waals surface area contributed by atoms with E-state index in [0.717, 1.165) is 27.2 Å². The van der Waals surface area contributed by atoms with E-state index < -0.39 is 0 Å². The van der Waals surface area contributed by atoms with Gasteiger partial charge in [-0.3, -0.25) is 0 Å². The van der Waals surface area contributed by atoms with Gasteiger partial charge in [0.25, 0.3) is 0 Å². The van der Waals surface area contributed by atoms with Gasteiger partial charge in [-0.15, -0.1) is 0 Å².